The Balaban J connectivity index is 1.42. The van der Waals surface area contributed by atoms with E-state index in [4.69, 9.17) is 14.2 Å². The van der Waals surface area contributed by atoms with E-state index >= 15 is 0 Å². The summed E-state index contributed by atoms with van der Waals surface area (Å²) < 4.78 is 18.3. The summed E-state index contributed by atoms with van der Waals surface area (Å²) in [5.41, 5.74) is 3.43. The number of H-pyrrole nitrogens is 1. The van der Waals surface area contributed by atoms with Crippen molar-refractivity contribution in [1.29, 1.82) is 0 Å². The Morgan fingerprint density at radius 1 is 1.03 bits per heavy atom. The van der Waals surface area contributed by atoms with Gasteiger partial charge in [0.1, 0.15) is 5.60 Å². The zero-order valence-electron chi connectivity index (χ0n) is 24.3. The molecule has 9 heteroatoms. The predicted molar refractivity (Wildman–Crippen MR) is 148 cm³/mol. The summed E-state index contributed by atoms with van der Waals surface area (Å²) in [5, 5.41) is 5.87. The van der Waals surface area contributed by atoms with Crippen LogP contribution < -0.4 is 25.7 Å². The molecule has 2 aliphatic rings. The van der Waals surface area contributed by atoms with Crippen molar-refractivity contribution in [3.63, 3.8) is 0 Å². The van der Waals surface area contributed by atoms with Crippen molar-refractivity contribution in [3.05, 3.63) is 56.0 Å². The van der Waals surface area contributed by atoms with Crippen molar-refractivity contribution < 1.29 is 23.8 Å². The Hall–Kier alpha value is -3.49. The van der Waals surface area contributed by atoms with Crippen LogP contribution in [0.2, 0.25) is 0 Å². The van der Waals surface area contributed by atoms with E-state index in [1.807, 2.05) is 67.5 Å². The average molecular weight is 540 g/mol. The summed E-state index contributed by atoms with van der Waals surface area (Å²) >= 11 is 0. The quantitative estimate of drug-likeness (QED) is 0.486. The molecule has 0 unspecified atom stereocenters. The Morgan fingerprint density at radius 3 is 2.28 bits per heavy atom. The topological polar surface area (TPSA) is 119 Å². The fraction of sp³-hybridized carbons (Fsp3) is 0.567. The first kappa shape index (κ1) is 28.5. The fourth-order valence-electron chi connectivity index (χ4n) is 5.54. The lowest BCUT2D eigenvalue weighted by molar-refractivity contribution is -0.121. The van der Waals surface area contributed by atoms with Gasteiger partial charge in [-0.25, -0.2) is 4.79 Å². The van der Waals surface area contributed by atoms with Crippen molar-refractivity contribution >= 4 is 12.0 Å². The molecule has 1 atom stereocenters. The van der Waals surface area contributed by atoms with E-state index in [9.17, 15) is 14.4 Å². The molecule has 4 rings (SSSR count). The highest BCUT2D eigenvalue weighted by molar-refractivity contribution is 5.97. The van der Waals surface area contributed by atoms with Crippen LogP contribution in [0.25, 0.3) is 0 Å². The zero-order valence-corrected chi connectivity index (χ0v) is 24.3. The maximum Gasteiger partial charge on any atom is 0.407 e. The van der Waals surface area contributed by atoms with Crippen LogP contribution >= 0.6 is 0 Å². The number of carbonyl (C=O) groups excluding carboxylic acids is 2. The van der Waals surface area contributed by atoms with Crippen molar-refractivity contribution in [2.75, 3.05) is 0 Å². The van der Waals surface area contributed by atoms with Crippen LogP contribution in [-0.2, 0) is 11.3 Å². The summed E-state index contributed by atoms with van der Waals surface area (Å²) in [4.78, 5) is 40.5. The number of benzene rings is 1. The Bertz CT molecular complexity index is 1330. The SMILES string of the molecule is Cc1cc(C)c(CNC(=O)c2cc(C)c3c(c2C)O[C@@](C)(C2CCC(NC(=O)OC(C)(C)C)CC2)O3)c(=O)[nH]1. The predicted octanol–water partition coefficient (Wildman–Crippen LogP) is 5.11. The van der Waals surface area contributed by atoms with Crippen molar-refractivity contribution in [3.8, 4) is 11.5 Å². The zero-order chi connectivity index (χ0) is 28.7. The summed E-state index contributed by atoms with van der Waals surface area (Å²) in [6.45, 7) is 15.1. The smallest absolute Gasteiger partial charge is 0.407 e. The molecular weight excluding hydrogens is 498 g/mol. The van der Waals surface area contributed by atoms with E-state index < -0.39 is 17.5 Å². The summed E-state index contributed by atoms with van der Waals surface area (Å²) in [7, 11) is 0. The van der Waals surface area contributed by atoms with Gasteiger partial charge in [0.15, 0.2) is 11.5 Å². The second kappa shape index (κ2) is 10.6. The first-order chi connectivity index (χ1) is 18.2. The monoisotopic (exact) mass is 539 g/mol. The summed E-state index contributed by atoms with van der Waals surface area (Å²) in [6.07, 6.45) is 2.84. The molecule has 1 aliphatic carbocycles. The largest absolute Gasteiger partial charge is 0.448 e. The molecule has 2 amide bonds. The minimum absolute atomic E-state index is 0.0478. The van der Waals surface area contributed by atoms with Gasteiger partial charge in [-0.3, -0.25) is 9.59 Å². The van der Waals surface area contributed by atoms with Gasteiger partial charge in [0.2, 0.25) is 0 Å². The highest BCUT2D eigenvalue weighted by atomic mass is 16.7. The molecule has 2 aromatic rings. The van der Waals surface area contributed by atoms with Crippen LogP contribution in [0, 0.1) is 33.6 Å². The lowest BCUT2D eigenvalue weighted by Crippen LogP contribution is -2.48. The number of alkyl carbamates (subject to hydrolysis) is 1. The standard InChI is InChI=1S/C30H41N3O6/c1-16-13-18(3)32-27(35)23(16)15-31-26(34)22-14-17(2)24-25(19(22)4)38-30(8,37-24)20-9-11-21(12-10-20)33-28(36)39-29(5,6)7/h13-14,20-21H,9-12,15H2,1-8H3,(H,31,34)(H,32,35)(H,33,36)/t20?,21?,30-/m0/s1. The van der Waals surface area contributed by atoms with E-state index in [2.05, 4.69) is 15.6 Å². The summed E-state index contributed by atoms with van der Waals surface area (Å²) in [6, 6.07) is 3.75. The van der Waals surface area contributed by atoms with Gasteiger partial charge in [-0.2, -0.15) is 0 Å². The van der Waals surface area contributed by atoms with Gasteiger partial charge in [-0.15, -0.1) is 0 Å². The number of pyridine rings is 1. The Kier molecular flexibility index (Phi) is 7.74. The van der Waals surface area contributed by atoms with Gasteiger partial charge in [0.25, 0.3) is 17.3 Å². The maximum atomic E-state index is 13.2. The van der Waals surface area contributed by atoms with Crippen LogP contribution in [0.1, 0.15) is 91.7 Å². The normalized spacial score (nSPS) is 22.4. The van der Waals surface area contributed by atoms with Gasteiger partial charge in [0, 0.05) is 47.8 Å². The van der Waals surface area contributed by atoms with E-state index in [0.29, 0.717) is 28.2 Å². The Morgan fingerprint density at radius 2 is 1.67 bits per heavy atom. The number of carbonyl (C=O) groups is 2. The number of aromatic nitrogens is 1. The molecule has 0 saturated heterocycles. The van der Waals surface area contributed by atoms with Gasteiger partial charge in [-0.05, 0) is 97.4 Å². The molecule has 1 aromatic carbocycles. The van der Waals surface area contributed by atoms with E-state index in [1.54, 1.807) is 0 Å². The van der Waals surface area contributed by atoms with Crippen LogP contribution in [0.4, 0.5) is 4.79 Å². The summed E-state index contributed by atoms with van der Waals surface area (Å²) in [5.74, 6) is 0.223. The third-order valence-electron chi connectivity index (χ3n) is 7.63. The molecule has 212 valence electrons. The molecule has 1 aromatic heterocycles. The van der Waals surface area contributed by atoms with Gasteiger partial charge < -0.3 is 29.8 Å². The highest BCUT2D eigenvalue weighted by Crippen LogP contribution is 2.50. The molecule has 0 radical (unpaired) electrons. The number of fused-ring (bicyclic) bond motifs is 1. The van der Waals surface area contributed by atoms with Crippen molar-refractivity contribution in [2.24, 2.45) is 5.92 Å². The Labute approximate surface area is 230 Å². The first-order valence-corrected chi connectivity index (χ1v) is 13.7. The van der Waals surface area contributed by atoms with Crippen molar-refractivity contribution in [1.82, 2.24) is 15.6 Å². The van der Waals surface area contributed by atoms with E-state index in [0.717, 1.165) is 42.5 Å². The number of aryl methyl sites for hydroxylation is 3. The van der Waals surface area contributed by atoms with Gasteiger partial charge in [0.05, 0.1) is 0 Å². The molecule has 1 saturated carbocycles. The molecule has 3 N–H and O–H groups in total. The number of rotatable bonds is 5. The van der Waals surface area contributed by atoms with Crippen LogP contribution in [0.15, 0.2) is 16.9 Å². The molecule has 0 spiro atoms. The molecule has 2 heterocycles. The van der Waals surface area contributed by atoms with Crippen LogP contribution in [0.5, 0.6) is 11.5 Å². The number of nitrogens with one attached hydrogen (secondary N) is 3. The number of hydrogen-bond acceptors (Lipinski definition) is 6. The minimum Gasteiger partial charge on any atom is -0.448 e. The van der Waals surface area contributed by atoms with Gasteiger partial charge >= 0.3 is 6.09 Å². The highest BCUT2D eigenvalue weighted by Gasteiger charge is 2.47. The third kappa shape index (κ3) is 6.23. The molecule has 1 aliphatic heterocycles. The third-order valence-corrected chi connectivity index (χ3v) is 7.63. The lowest BCUT2D eigenvalue weighted by Gasteiger charge is -2.37. The van der Waals surface area contributed by atoms with Gasteiger partial charge in [-0.1, -0.05) is 0 Å². The average Bonchev–Trinajstić information content (AvgIpc) is 3.19. The second-order valence-electron chi connectivity index (χ2n) is 12.1. The molecule has 0 bridgehead atoms. The minimum atomic E-state index is -0.865. The molecule has 39 heavy (non-hydrogen) atoms. The number of aromatic amines is 1. The fourth-order valence-corrected chi connectivity index (χ4v) is 5.54. The van der Waals surface area contributed by atoms with E-state index in [1.165, 1.54) is 0 Å². The first-order valence-electron chi connectivity index (χ1n) is 13.7. The number of amides is 2. The lowest BCUT2D eigenvalue weighted by atomic mass is 9.81. The molecular formula is C30H41N3O6. The maximum absolute atomic E-state index is 13.2. The number of ether oxygens (including phenoxy) is 3. The van der Waals surface area contributed by atoms with Crippen LogP contribution in [-0.4, -0.2) is 34.4 Å². The van der Waals surface area contributed by atoms with Crippen LogP contribution in [0.3, 0.4) is 0 Å². The number of hydrogen-bond donors (Lipinski definition) is 3. The molecule has 1 fully saturated rings. The van der Waals surface area contributed by atoms with Crippen molar-refractivity contribution in [2.45, 2.75) is 105 Å². The molecule has 9 nitrogen and oxygen atoms in total. The second-order valence-corrected chi connectivity index (χ2v) is 12.1. The van der Waals surface area contributed by atoms with E-state index in [-0.39, 0.29) is 30.0 Å².